The summed E-state index contributed by atoms with van der Waals surface area (Å²) >= 11 is 5.58. The second-order valence-electron chi connectivity index (χ2n) is 2.92. The number of hydrogen-bond acceptors (Lipinski definition) is 3. The molecule has 0 aromatic carbocycles. The van der Waals surface area contributed by atoms with Gasteiger partial charge in [0.15, 0.2) is 0 Å². The largest absolute Gasteiger partial charge is 0.358 e. The minimum absolute atomic E-state index is 0.0291. The van der Waals surface area contributed by atoms with Crippen molar-refractivity contribution >= 4 is 23.5 Å². The molecule has 14 heavy (non-hydrogen) atoms. The smallest absolute Gasteiger partial charge is 0.342 e. The normalized spacial score (nSPS) is 11.8. The Kier molecular flexibility index (Phi) is 3.24. The number of nitro groups is 1. The summed E-state index contributed by atoms with van der Waals surface area (Å²) in [6.45, 7) is 1.84. The van der Waals surface area contributed by atoms with Crippen LogP contribution in [0.15, 0.2) is 11.8 Å². The molecule has 0 amide bonds. The summed E-state index contributed by atoms with van der Waals surface area (Å²) in [6.07, 6.45) is 2.95. The van der Waals surface area contributed by atoms with Crippen molar-refractivity contribution in [1.82, 2.24) is 9.55 Å². The molecule has 1 aromatic heterocycles. The van der Waals surface area contributed by atoms with Crippen molar-refractivity contribution in [2.45, 2.75) is 6.92 Å². The molecule has 0 radical (unpaired) electrons. The summed E-state index contributed by atoms with van der Waals surface area (Å²) in [5, 5.41) is 10.5. The Labute approximate surface area is 86.2 Å². The predicted octanol–water partition coefficient (Wildman–Crippen LogP) is 1.97. The number of aromatic nitrogens is 2. The number of nitrogens with zero attached hydrogens (tertiary/aromatic N) is 3. The molecule has 1 aromatic rings. The van der Waals surface area contributed by atoms with Crippen molar-refractivity contribution in [3.05, 3.63) is 27.7 Å². The van der Waals surface area contributed by atoms with Crippen molar-refractivity contribution in [2.75, 3.05) is 5.88 Å². The molecule has 0 aliphatic carbocycles. The Morgan fingerprint density at radius 3 is 2.93 bits per heavy atom. The highest BCUT2D eigenvalue weighted by Crippen LogP contribution is 2.14. The molecule has 0 atom stereocenters. The molecule has 0 fully saturated rings. The molecule has 0 saturated heterocycles. The van der Waals surface area contributed by atoms with Gasteiger partial charge >= 0.3 is 5.82 Å². The van der Waals surface area contributed by atoms with Crippen molar-refractivity contribution in [1.29, 1.82) is 0 Å². The molecule has 0 bridgehead atoms. The minimum Gasteiger partial charge on any atom is -0.358 e. The Morgan fingerprint density at radius 2 is 2.50 bits per heavy atom. The standard InChI is InChI=1S/C8H10ClN3O2/c1-6(4-9)3-7-10-5-8(11(7)2)12(13)14/h3,5H,4H2,1-2H3/b6-3+. The molecular formula is C8H10ClN3O2. The quantitative estimate of drug-likeness (QED) is 0.440. The van der Waals surface area contributed by atoms with Crippen LogP contribution in [0.1, 0.15) is 12.7 Å². The number of halogens is 1. The van der Waals surface area contributed by atoms with Crippen LogP contribution in [0.5, 0.6) is 0 Å². The Hall–Kier alpha value is -1.36. The van der Waals surface area contributed by atoms with Gasteiger partial charge in [-0.3, -0.25) is 0 Å². The van der Waals surface area contributed by atoms with Gasteiger partial charge in [0.25, 0.3) is 0 Å². The average Bonchev–Trinajstić information content (AvgIpc) is 2.48. The summed E-state index contributed by atoms with van der Waals surface area (Å²) < 4.78 is 1.41. The van der Waals surface area contributed by atoms with Crippen LogP contribution in [-0.2, 0) is 7.05 Å². The summed E-state index contributed by atoms with van der Waals surface area (Å²) in [5.74, 6) is 0.897. The van der Waals surface area contributed by atoms with E-state index in [1.807, 2.05) is 6.92 Å². The van der Waals surface area contributed by atoms with Crippen LogP contribution in [-0.4, -0.2) is 20.4 Å². The highest BCUT2D eigenvalue weighted by molar-refractivity contribution is 6.19. The third-order valence-electron chi connectivity index (χ3n) is 1.77. The van der Waals surface area contributed by atoms with E-state index in [9.17, 15) is 10.1 Å². The van der Waals surface area contributed by atoms with Gasteiger partial charge in [0, 0.05) is 12.0 Å². The van der Waals surface area contributed by atoms with Crippen LogP contribution in [0.2, 0.25) is 0 Å². The number of imidazole rings is 1. The molecule has 0 saturated carbocycles. The third-order valence-corrected chi connectivity index (χ3v) is 2.19. The molecule has 0 unspecified atom stereocenters. The summed E-state index contributed by atoms with van der Waals surface area (Å²) in [4.78, 5) is 13.9. The molecule has 6 heteroatoms. The molecule has 0 N–H and O–H groups in total. The third kappa shape index (κ3) is 2.11. The van der Waals surface area contributed by atoms with Crippen molar-refractivity contribution in [2.24, 2.45) is 7.05 Å². The van der Waals surface area contributed by atoms with E-state index in [0.717, 1.165) is 5.57 Å². The minimum atomic E-state index is -0.472. The molecule has 1 rings (SSSR count). The maximum absolute atomic E-state index is 10.5. The molecule has 76 valence electrons. The van der Waals surface area contributed by atoms with Crippen LogP contribution in [0.4, 0.5) is 5.82 Å². The summed E-state index contributed by atoms with van der Waals surface area (Å²) in [5.41, 5.74) is 0.912. The van der Waals surface area contributed by atoms with E-state index in [1.54, 1.807) is 13.1 Å². The fraction of sp³-hybridized carbons (Fsp3) is 0.375. The first-order valence-electron chi connectivity index (χ1n) is 3.95. The molecular weight excluding hydrogens is 206 g/mol. The summed E-state index contributed by atoms with van der Waals surface area (Å²) in [6, 6.07) is 0. The fourth-order valence-electron chi connectivity index (χ4n) is 0.977. The van der Waals surface area contributed by atoms with Gasteiger partial charge in [0.05, 0.1) is 7.05 Å². The zero-order valence-electron chi connectivity index (χ0n) is 7.90. The Bertz CT molecular complexity index is 384. The first kappa shape index (κ1) is 10.7. The number of rotatable bonds is 3. The van der Waals surface area contributed by atoms with Crippen LogP contribution in [0.3, 0.4) is 0 Å². The number of hydrogen-bond donors (Lipinski definition) is 0. The monoisotopic (exact) mass is 215 g/mol. The van der Waals surface area contributed by atoms with E-state index in [-0.39, 0.29) is 5.82 Å². The highest BCUT2D eigenvalue weighted by atomic mass is 35.5. The second-order valence-corrected chi connectivity index (χ2v) is 3.18. The van der Waals surface area contributed by atoms with Gasteiger partial charge in [-0.2, -0.15) is 0 Å². The van der Waals surface area contributed by atoms with Gasteiger partial charge in [-0.15, -0.1) is 11.6 Å². The lowest BCUT2D eigenvalue weighted by Gasteiger charge is -1.95. The van der Waals surface area contributed by atoms with E-state index in [4.69, 9.17) is 11.6 Å². The van der Waals surface area contributed by atoms with Gasteiger partial charge < -0.3 is 10.1 Å². The lowest BCUT2D eigenvalue weighted by atomic mass is 10.3. The molecule has 0 aliphatic rings. The molecule has 5 nitrogen and oxygen atoms in total. The fourth-order valence-corrected chi connectivity index (χ4v) is 1.05. The zero-order chi connectivity index (χ0) is 10.7. The van der Waals surface area contributed by atoms with E-state index in [0.29, 0.717) is 11.7 Å². The Balaban J connectivity index is 3.07. The van der Waals surface area contributed by atoms with Crippen molar-refractivity contribution in [3.63, 3.8) is 0 Å². The first-order valence-corrected chi connectivity index (χ1v) is 4.49. The van der Waals surface area contributed by atoms with Crippen molar-refractivity contribution in [3.8, 4) is 0 Å². The predicted molar refractivity (Wildman–Crippen MR) is 54.2 cm³/mol. The molecule has 0 spiro atoms. The van der Waals surface area contributed by atoms with Crippen LogP contribution in [0, 0.1) is 10.1 Å². The SMILES string of the molecule is C/C(=C\c1ncc([N+](=O)[O-])n1C)CCl. The van der Waals surface area contributed by atoms with Gasteiger partial charge in [-0.25, -0.2) is 9.55 Å². The summed E-state index contributed by atoms with van der Waals surface area (Å²) in [7, 11) is 1.60. The lowest BCUT2D eigenvalue weighted by Crippen LogP contribution is -1.99. The van der Waals surface area contributed by atoms with Crippen molar-refractivity contribution < 1.29 is 4.92 Å². The first-order chi connectivity index (χ1) is 6.56. The topological polar surface area (TPSA) is 61.0 Å². The highest BCUT2D eigenvalue weighted by Gasteiger charge is 2.14. The van der Waals surface area contributed by atoms with Gasteiger partial charge in [0.1, 0.15) is 6.20 Å². The van der Waals surface area contributed by atoms with E-state index < -0.39 is 4.92 Å². The van der Waals surface area contributed by atoms with Gasteiger partial charge in [0.2, 0.25) is 5.82 Å². The maximum Gasteiger partial charge on any atom is 0.342 e. The van der Waals surface area contributed by atoms with Crippen LogP contribution >= 0.6 is 11.6 Å². The zero-order valence-corrected chi connectivity index (χ0v) is 8.65. The Morgan fingerprint density at radius 1 is 1.86 bits per heavy atom. The van der Waals surface area contributed by atoms with Gasteiger partial charge in [-0.05, 0) is 11.8 Å². The second kappa shape index (κ2) is 4.23. The number of alkyl halides is 1. The van der Waals surface area contributed by atoms with Crippen LogP contribution < -0.4 is 0 Å². The van der Waals surface area contributed by atoms with E-state index in [2.05, 4.69) is 4.98 Å². The average molecular weight is 216 g/mol. The lowest BCUT2D eigenvalue weighted by molar-refractivity contribution is -0.391. The number of allylic oxidation sites excluding steroid dienone is 1. The molecule has 1 heterocycles. The maximum atomic E-state index is 10.5. The van der Waals surface area contributed by atoms with E-state index >= 15 is 0 Å². The molecule has 0 aliphatic heterocycles. The van der Waals surface area contributed by atoms with E-state index in [1.165, 1.54) is 10.8 Å². The van der Waals surface area contributed by atoms with Crippen LogP contribution in [0.25, 0.3) is 6.08 Å². The van der Waals surface area contributed by atoms with Gasteiger partial charge in [-0.1, -0.05) is 5.57 Å².